The molecular formula is C17H19NO2. The zero-order valence-corrected chi connectivity index (χ0v) is 11.6. The van der Waals surface area contributed by atoms with Gasteiger partial charge in [0.15, 0.2) is 0 Å². The van der Waals surface area contributed by atoms with Crippen LogP contribution in [-0.4, -0.2) is 35.6 Å². The number of carbonyl (C=O) groups is 1. The highest BCUT2D eigenvalue weighted by Gasteiger charge is 2.31. The van der Waals surface area contributed by atoms with Gasteiger partial charge in [0.1, 0.15) is 0 Å². The summed E-state index contributed by atoms with van der Waals surface area (Å²) >= 11 is 0. The van der Waals surface area contributed by atoms with Gasteiger partial charge in [-0.3, -0.25) is 4.79 Å². The maximum atomic E-state index is 12.4. The summed E-state index contributed by atoms with van der Waals surface area (Å²) < 4.78 is 0. The Bertz CT molecular complexity index is 634. The van der Waals surface area contributed by atoms with Crippen molar-refractivity contribution in [1.29, 1.82) is 0 Å². The molecule has 0 saturated heterocycles. The van der Waals surface area contributed by atoms with Crippen LogP contribution in [0.15, 0.2) is 42.5 Å². The molecule has 1 amide bonds. The largest absolute Gasteiger partial charge is 0.391 e. The summed E-state index contributed by atoms with van der Waals surface area (Å²) in [4.78, 5) is 14.0. The van der Waals surface area contributed by atoms with Crippen molar-refractivity contribution < 1.29 is 9.90 Å². The van der Waals surface area contributed by atoms with E-state index in [9.17, 15) is 9.90 Å². The molecule has 0 aromatic heterocycles. The molecule has 2 aromatic rings. The van der Waals surface area contributed by atoms with E-state index in [0.29, 0.717) is 18.0 Å². The summed E-state index contributed by atoms with van der Waals surface area (Å²) in [7, 11) is 1.75. The molecule has 1 N–H and O–H groups in total. The summed E-state index contributed by atoms with van der Waals surface area (Å²) in [6, 6.07) is 13.7. The second kappa shape index (κ2) is 5.25. The summed E-state index contributed by atoms with van der Waals surface area (Å²) in [5.41, 5.74) is 0.675. The van der Waals surface area contributed by atoms with E-state index in [4.69, 9.17) is 0 Å². The topological polar surface area (TPSA) is 40.5 Å². The van der Waals surface area contributed by atoms with Crippen molar-refractivity contribution in [3.63, 3.8) is 0 Å². The van der Waals surface area contributed by atoms with E-state index in [-0.39, 0.29) is 12.0 Å². The molecule has 1 fully saturated rings. The Kier molecular flexibility index (Phi) is 3.45. The fraction of sp³-hybridized carbons (Fsp3) is 0.353. The Morgan fingerprint density at radius 3 is 2.65 bits per heavy atom. The molecule has 0 bridgehead atoms. The third-order valence-corrected chi connectivity index (χ3v) is 3.97. The van der Waals surface area contributed by atoms with E-state index >= 15 is 0 Å². The average molecular weight is 269 g/mol. The van der Waals surface area contributed by atoms with Gasteiger partial charge in [0, 0.05) is 19.2 Å². The summed E-state index contributed by atoms with van der Waals surface area (Å²) in [5, 5.41) is 12.1. The Hall–Kier alpha value is -1.87. The molecule has 104 valence electrons. The molecule has 1 unspecified atom stereocenters. The van der Waals surface area contributed by atoms with Crippen LogP contribution < -0.4 is 0 Å². The number of aliphatic hydroxyl groups is 1. The van der Waals surface area contributed by atoms with E-state index in [1.165, 1.54) is 0 Å². The zero-order chi connectivity index (χ0) is 14.1. The Labute approximate surface area is 118 Å². The minimum absolute atomic E-state index is 0.0320. The highest BCUT2D eigenvalue weighted by molar-refractivity contribution is 5.98. The number of likely N-dealkylation sites (N-methyl/N-ethyl adjacent to an activating group) is 1. The summed E-state index contributed by atoms with van der Waals surface area (Å²) in [5.74, 6) is 0.359. The van der Waals surface area contributed by atoms with Crippen LogP contribution in [0.5, 0.6) is 0 Å². The van der Waals surface area contributed by atoms with Gasteiger partial charge >= 0.3 is 0 Å². The molecular weight excluding hydrogens is 250 g/mol. The van der Waals surface area contributed by atoms with E-state index in [2.05, 4.69) is 0 Å². The number of aliphatic hydroxyl groups excluding tert-OH is 1. The van der Waals surface area contributed by atoms with Gasteiger partial charge in [-0.2, -0.15) is 0 Å². The van der Waals surface area contributed by atoms with Crippen LogP contribution in [0.2, 0.25) is 0 Å². The predicted molar refractivity (Wildman–Crippen MR) is 79.6 cm³/mol. The Morgan fingerprint density at radius 2 is 1.95 bits per heavy atom. The lowest BCUT2D eigenvalue weighted by Crippen LogP contribution is -2.35. The number of carbonyl (C=O) groups excluding carboxylic acids is 1. The Balaban J connectivity index is 1.76. The van der Waals surface area contributed by atoms with Gasteiger partial charge in [-0.15, -0.1) is 0 Å². The van der Waals surface area contributed by atoms with Crippen molar-refractivity contribution in [2.75, 3.05) is 13.6 Å². The summed E-state index contributed by atoms with van der Waals surface area (Å²) in [6.45, 7) is 0.413. The third-order valence-electron chi connectivity index (χ3n) is 3.97. The fourth-order valence-corrected chi connectivity index (χ4v) is 2.54. The number of benzene rings is 2. The van der Waals surface area contributed by atoms with Crippen LogP contribution in [0.1, 0.15) is 23.2 Å². The van der Waals surface area contributed by atoms with Gasteiger partial charge < -0.3 is 10.0 Å². The van der Waals surface area contributed by atoms with Gasteiger partial charge in [0.05, 0.1) is 6.10 Å². The highest BCUT2D eigenvalue weighted by Crippen LogP contribution is 2.32. The minimum Gasteiger partial charge on any atom is -0.391 e. The third kappa shape index (κ3) is 2.68. The number of fused-ring (bicyclic) bond motifs is 1. The molecule has 2 aromatic carbocycles. The van der Waals surface area contributed by atoms with Crippen molar-refractivity contribution in [2.24, 2.45) is 5.92 Å². The molecule has 3 nitrogen and oxygen atoms in total. The molecule has 0 heterocycles. The number of hydrogen-bond acceptors (Lipinski definition) is 2. The van der Waals surface area contributed by atoms with Gasteiger partial charge in [0.2, 0.25) is 0 Å². The number of hydrogen-bond donors (Lipinski definition) is 1. The first kappa shape index (κ1) is 13.1. The second-order valence-corrected chi connectivity index (χ2v) is 5.65. The molecule has 0 radical (unpaired) electrons. The highest BCUT2D eigenvalue weighted by atomic mass is 16.3. The monoisotopic (exact) mass is 269 g/mol. The smallest absolute Gasteiger partial charge is 0.253 e. The molecule has 20 heavy (non-hydrogen) atoms. The van der Waals surface area contributed by atoms with Gasteiger partial charge in [0.25, 0.3) is 5.91 Å². The molecule has 1 aliphatic rings. The second-order valence-electron chi connectivity index (χ2n) is 5.65. The minimum atomic E-state index is -0.385. The number of nitrogens with zero attached hydrogens (tertiary/aromatic N) is 1. The lowest BCUT2D eigenvalue weighted by molar-refractivity contribution is 0.0645. The lowest BCUT2D eigenvalue weighted by Gasteiger charge is -2.21. The van der Waals surface area contributed by atoms with Crippen LogP contribution in [0.4, 0.5) is 0 Å². The molecule has 1 saturated carbocycles. The molecule has 1 atom stereocenters. The first-order valence-electron chi connectivity index (χ1n) is 7.07. The molecule has 1 aliphatic carbocycles. The van der Waals surface area contributed by atoms with Crippen molar-refractivity contribution in [3.05, 3.63) is 48.0 Å². The van der Waals surface area contributed by atoms with Crippen LogP contribution >= 0.6 is 0 Å². The zero-order valence-electron chi connectivity index (χ0n) is 11.6. The van der Waals surface area contributed by atoms with Crippen molar-refractivity contribution in [2.45, 2.75) is 18.9 Å². The summed E-state index contributed by atoms with van der Waals surface area (Å²) in [6.07, 6.45) is 1.78. The normalized spacial score (nSPS) is 16.1. The SMILES string of the molecule is CN(CC(O)C1CC1)C(=O)c1ccc2ccccc2c1. The van der Waals surface area contributed by atoms with E-state index in [0.717, 1.165) is 23.6 Å². The lowest BCUT2D eigenvalue weighted by atomic mass is 10.1. The van der Waals surface area contributed by atoms with E-state index < -0.39 is 0 Å². The molecule has 3 heteroatoms. The van der Waals surface area contributed by atoms with Crippen LogP contribution in [0, 0.1) is 5.92 Å². The van der Waals surface area contributed by atoms with Crippen molar-refractivity contribution in [3.8, 4) is 0 Å². The van der Waals surface area contributed by atoms with Crippen molar-refractivity contribution >= 4 is 16.7 Å². The predicted octanol–water partition coefficient (Wildman–Crippen LogP) is 2.68. The maximum Gasteiger partial charge on any atom is 0.253 e. The van der Waals surface area contributed by atoms with E-state index in [1.807, 2.05) is 42.5 Å². The molecule has 0 spiro atoms. The van der Waals surface area contributed by atoms with Gasteiger partial charge in [-0.1, -0.05) is 30.3 Å². The van der Waals surface area contributed by atoms with E-state index in [1.54, 1.807) is 11.9 Å². The fourth-order valence-electron chi connectivity index (χ4n) is 2.54. The van der Waals surface area contributed by atoms with Crippen molar-refractivity contribution in [1.82, 2.24) is 4.90 Å². The molecule has 3 rings (SSSR count). The first-order valence-corrected chi connectivity index (χ1v) is 7.07. The molecule has 0 aliphatic heterocycles. The van der Waals surface area contributed by atoms with Crippen LogP contribution in [0.3, 0.4) is 0 Å². The Morgan fingerprint density at radius 1 is 1.25 bits per heavy atom. The first-order chi connectivity index (χ1) is 9.65. The van der Waals surface area contributed by atoms with Crippen LogP contribution in [0.25, 0.3) is 10.8 Å². The maximum absolute atomic E-state index is 12.4. The number of rotatable bonds is 4. The standard InChI is InChI=1S/C17H19NO2/c1-18(11-16(19)13-7-8-13)17(20)15-9-6-12-4-2-3-5-14(12)10-15/h2-6,9-10,13,16,19H,7-8,11H2,1H3. The average Bonchev–Trinajstić information content (AvgIpc) is 3.30. The number of amides is 1. The quantitative estimate of drug-likeness (QED) is 0.927. The van der Waals surface area contributed by atoms with Crippen LogP contribution in [-0.2, 0) is 0 Å². The van der Waals surface area contributed by atoms with Gasteiger partial charge in [-0.05, 0) is 41.7 Å². The van der Waals surface area contributed by atoms with Gasteiger partial charge in [-0.25, -0.2) is 0 Å².